The van der Waals surface area contributed by atoms with Crippen molar-refractivity contribution in [1.82, 2.24) is 14.8 Å². The van der Waals surface area contributed by atoms with E-state index < -0.39 is 5.97 Å². The minimum absolute atomic E-state index is 0.0522. The van der Waals surface area contributed by atoms with Gasteiger partial charge in [0.25, 0.3) is 5.82 Å². The Morgan fingerprint density at radius 2 is 2.35 bits per heavy atom. The van der Waals surface area contributed by atoms with Gasteiger partial charge in [-0.1, -0.05) is 12.1 Å². The monoisotopic (exact) mass is 232 g/mol. The first-order valence-electron chi connectivity index (χ1n) is 5.01. The van der Waals surface area contributed by atoms with E-state index in [1.165, 1.54) is 13.4 Å². The Morgan fingerprint density at radius 3 is 3.06 bits per heavy atom. The Morgan fingerprint density at radius 1 is 1.53 bits per heavy atom. The van der Waals surface area contributed by atoms with Gasteiger partial charge in [-0.25, -0.2) is 14.5 Å². The van der Waals surface area contributed by atoms with E-state index in [4.69, 9.17) is 5.73 Å². The topological polar surface area (TPSA) is 83.0 Å². The summed E-state index contributed by atoms with van der Waals surface area (Å²) in [6.07, 6.45) is 1.48. The van der Waals surface area contributed by atoms with Crippen LogP contribution in [0, 0.1) is 0 Å². The van der Waals surface area contributed by atoms with E-state index in [0.29, 0.717) is 12.2 Å². The number of methoxy groups -OCH3 is 1. The summed E-state index contributed by atoms with van der Waals surface area (Å²) < 4.78 is 6.08. The van der Waals surface area contributed by atoms with Crippen molar-refractivity contribution in [3.63, 3.8) is 0 Å². The second-order valence-electron chi connectivity index (χ2n) is 3.50. The number of nitrogens with two attached hydrogens (primary N) is 1. The van der Waals surface area contributed by atoms with Gasteiger partial charge in [0.15, 0.2) is 0 Å². The van der Waals surface area contributed by atoms with Gasteiger partial charge >= 0.3 is 5.97 Å². The van der Waals surface area contributed by atoms with Crippen LogP contribution in [0.2, 0.25) is 0 Å². The molecular weight excluding hydrogens is 220 g/mol. The number of carbonyl (C=O) groups excluding carboxylic acids is 1. The van der Waals surface area contributed by atoms with Crippen molar-refractivity contribution in [3.05, 3.63) is 42.0 Å². The number of anilines is 1. The summed E-state index contributed by atoms with van der Waals surface area (Å²) in [6, 6.07) is 7.45. The predicted molar refractivity (Wildman–Crippen MR) is 61.3 cm³/mol. The molecule has 0 radical (unpaired) electrons. The van der Waals surface area contributed by atoms with Gasteiger partial charge < -0.3 is 10.5 Å². The van der Waals surface area contributed by atoms with Crippen molar-refractivity contribution in [2.24, 2.45) is 0 Å². The molecule has 1 aromatic carbocycles. The number of benzene rings is 1. The van der Waals surface area contributed by atoms with Crippen molar-refractivity contribution in [2.75, 3.05) is 12.8 Å². The zero-order chi connectivity index (χ0) is 12.3. The number of hydrogen-bond donors (Lipinski definition) is 1. The number of hydrogen-bond acceptors (Lipinski definition) is 5. The zero-order valence-corrected chi connectivity index (χ0v) is 9.33. The van der Waals surface area contributed by atoms with E-state index in [1.54, 1.807) is 4.68 Å². The molecule has 0 aliphatic heterocycles. The molecule has 0 saturated heterocycles. The van der Waals surface area contributed by atoms with Crippen LogP contribution < -0.4 is 5.73 Å². The maximum Gasteiger partial charge on any atom is 0.377 e. The van der Waals surface area contributed by atoms with Crippen molar-refractivity contribution >= 4 is 11.7 Å². The summed E-state index contributed by atoms with van der Waals surface area (Å²) in [5.41, 5.74) is 7.35. The third-order valence-electron chi connectivity index (χ3n) is 2.20. The number of carbonyl (C=O) groups is 1. The summed E-state index contributed by atoms with van der Waals surface area (Å²) in [6.45, 7) is 0.509. The molecule has 1 heterocycles. The summed E-state index contributed by atoms with van der Waals surface area (Å²) in [7, 11) is 1.29. The molecular formula is C11H12N4O2. The molecule has 0 aliphatic carbocycles. The smallest absolute Gasteiger partial charge is 0.377 e. The Hall–Kier alpha value is -2.37. The molecule has 0 bridgehead atoms. The molecule has 2 aromatic rings. The molecule has 0 aliphatic rings. The lowest BCUT2D eigenvalue weighted by Crippen LogP contribution is -2.06. The number of aromatic nitrogens is 3. The molecule has 1 aromatic heterocycles. The first-order chi connectivity index (χ1) is 8.19. The maximum atomic E-state index is 11.2. The van der Waals surface area contributed by atoms with Crippen molar-refractivity contribution in [2.45, 2.75) is 6.54 Å². The highest BCUT2D eigenvalue weighted by Crippen LogP contribution is 2.07. The van der Waals surface area contributed by atoms with E-state index in [9.17, 15) is 4.79 Å². The third-order valence-corrected chi connectivity index (χ3v) is 2.20. The molecule has 6 nitrogen and oxygen atoms in total. The first kappa shape index (κ1) is 11.1. The number of esters is 1. The third kappa shape index (κ3) is 2.60. The molecule has 2 rings (SSSR count). The lowest BCUT2D eigenvalue weighted by molar-refractivity contribution is 0.0586. The number of rotatable bonds is 3. The molecule has 0 unspecified atom stereocenters. The van der Waals surface area contributed by atoms with Crippen LogP contribution in [0.5, 0.6) is 0 Å². The molecule has 0 atom stereocenters. The number of nitrogens with zero attached hydrogens (tertiary/aromatic N) is 3. The van der Waals surface area contributed by atoms with Gasteiger partial charge in [-0.05, 0) is 17.7 Å². The van der Waals surface area contributed by atoms with E-state index >= 15 is 0 Å². The Balaban J connectivity index is 2.14. The normalized spacial score (nSPS) is 10.2. The summed E-state index contributed by atoms with van der Waals surface area (Å²) in [5, 5.41) is 4.00. The summed E-state index contributed by atoms with van der Waals surface area (Å²) >= 11 is 0. The predicted octanol–water partition coefficient (Wildman–Crippen LogP) is 0.695. The highest BCUT2D eigenvalue weighted by atomic mass is 16.5. The van der Waals surface area contributed by atoms with Crippen molar-refractivity contribution in [1.29, 1.82) is 0 Å². The first-order valence-corrected chi connectivity index (χ1v) is 5.01. The van der Waals surface area contributed by atoms with Crippen molar-refractivity contribution in [3.8, 4) is 0 Å². The molecule has 17 heavy (non-hydrogen) atoms. The molecule has 0 saturated carbocycles. The lowest BCUT2D eigenvalue weighted by Gasteiger charge is -2.01. The Kier molecular flexibility index (Phi) is 3.04. The largest absolute Gasteiger partial charge is 0.463 e. The van der Waals surface area contributed by atoms with Gasteiger partial charge in [-0.3, -0.25) is 0 Å². The van der Waals surface area contributed by atoms with Gasteiger partial charge in [0.05, 0.1) is 13.7 Å². The van der Waals surface area contributed by atoms with Crippen LogP contribution in [0.1, 0.15) is 16.2 Å². The average molecular weight is 232 g/mol. The second-order valence-corrected chi connectivity index (χ2v) is 3.50. The average Bonchev–Trinajstić information content (AvgIpc) is 2.76. The van der Waals surface area contributed by atoms with E-state index in [1.807, 2.05) is 24.3 Å². The van der Waals surface area contributed by atoms with Crippen LogP contribution in [0.15, 0.2) is 30.6 Å². The molecule has 0 spiro atoms. The molecule has 6 heteroatoms. The van der Waals surface area contributed by atoms with Gasteiger partial charge in [0.2, 0.25) is 0 Å². The zero-order valence-electron chi connectivity index (χ0n) is 9.33. The highest BCUT2D eigenvalue weighted by Gasteiger charge is 2.10. The number of nitrogen functional groups attached to an aromatic ring is 1. The van der Waals surface area contributed by atoms with Gasteiger partial charge in [0.1, 0.15) is 6.33 Å². The van der Waals surface area contributed by atoms with Crippen LogP contribution in [0.3, 0.4) is 0 Å². The number of ether oxygens (including phenoxy) is 1. The fourth-order valence-electron chi connectivity index (χ4n) is 1.43. The molecule has 0 amide bonds. The highest BCUT2D eigenvalue weighted by molar-refractivity contribution is 5.84. The Labute approximate surface area is 98.0 Å². The van der Waals surface area contributed by atoms with Gasteiger partial charge in [-0.15, -0.1) is 5.10 Å². The van der Waals surface area contributed by atoms with E-state index in [-0.39, 0.29) is 5.82 Å². The summed E-state index contributed by atoms with van der Waals surface area (Å²) in [4.78, 5) is 15.0. The fourth-order valence-corrected chi connectivity index (χ4v) is 1.43. The van der Waals surface area contributed by atoms with Gasteiger partial charge in [0, 0.05) is 5.69 Å². The SMILES string of the molecule is COC(=O)c1ncn(Cc2cccc(N)c2)n1. The quantitative estimate of drug-likeness (QED) is 0.622. The Bertz CT molecular complexity index is 536. The van der Waals surface area contributed by atoms with Crippen LogP contribution in [-0.2, 0) is 11.3 Å². The minimum Gasteiger partial charge on any atom is -0.463 e. The van der Waals surface area contributed by atoms with E-state index in [2.05, 4.69) is 14.8 Å². The molecule has 0 fully saturated rings. The summed E-state index contributed by atoms with van der Waals surface area (Å²) in [5.74, 6) is -0.493. The van der Waals surface area contributed by atoms with Crippen LogP contribution >= 0.6 is 0 Å². The molecule has 88 valence electrons. The van der Waals surface area contributed by atoms with Crippen LogP contribution in [0.25, 0.3) is 0 Å². The van der Waals surface area contributed by atoms with Crippen molar-refractivity contribution < 1.29 is 9.53 Å². The molecule has 2 N–H and O–H groups in total. The lowest BCUT2D eigenvalue weighted by atomic mass is 10.2. The van der Waals surface area contributed by atoms with Crippen LogP contribution in [0.4, 0.5) is 5.69 Å². The van der Waals surface area contributed by atoms with Gasteiger partial charge in [-0.2, -0.15) is 0 Å². The minimum atomic E-state index is -0.545. The fraction of sp³-hybridized carbons (Fsp3) is 0.182. The van der Waals surface area contributed by atoms with Crippen LogP contribution in [-0.4, -0.2) is 27.8 Å². The second kappa shape index (κ2) is 4.65. The maximum absolute atomic E-state index is 11.2. The standard InChI is InChI=1S/C11H12N4O2/c1-17-11(16)10-13-7-15(14-10)6-8-3-2-4-9(12)5-8/h2-5,7H,6,12H2,1H3. The van der Waals surface area contributed by atoms with E-state index in [0.717, 1.165) is 5.56 Å².